The van der Waals surface area contributed by atoms with E-state index in [1.807, 2.05) is 6.92 Å². The van der Waals surface area contributed by atoms with Crippen LogP contribution in [0.1, 0.15) is 12.5 Å². The van der Waals surface area contributed by atoms with Gasteiger partial charge in [0, 0.05) is 6.20 Å². The summed E-state index contributed by atoms with van der Waals surface area (Å²) in [6, 6.07) is 0. The fourth-order valence-corrected chi connectivity index (χ4v) is 0.517. The van der Waals surface area contributed by atoms with Crippen molar-refractivity contribution in [3.8, 4) is 0 Å². The standard InChI is InChI=1S/C6H7N2O/c1-2-5-3-7-6(9)8-4-5/h3H,2H2,1H3,(H,7,8,9). The predicted molar refractivity (Wildman–Crippen MR) is 33.1 cm³/mol. The maximum atomic E-state index is 10.3. The summed E-state index contributed by atoms with van der Waals surface area (Å²) in [6.07, 6.45) is 5.06. The Kier molecular flexibility index (Phi) is 1.63. The highest BCUT2D eigenvalue weighted by molar-refractivity contribution is 4.99. The highest BCUT2D eigenvalue weighted by atomic mass is 16.1. The summed E-state index contributed by atoms with van der Waals surface area (Å²) in [5.41, 5.74) is 0.585. The van der Waals surface area contributed by atoms with Crippen molar-refractivity contribution in [3.63, 3.8) is 0 Å². The summed E-state index contributed by atoms with van der Waals surface area (Å²) >= 11 is 0. The summed E-state index contributed by atoms with van der Waals surface area (Å²) in [6.45, 7) is 1.98. The van der Waals surface area contributed by atoms with E-state index in [0.717, 1.165) is 12.0 Å². The van der Waals surface area contributed by atoms with Gasteiger partial charge in [-0.2, -0.15) is 4.98 Å². The van der Waals surface area contributed by atoms with Crippen LogP contribution in [0, 0.1) is 6.20 Å². The van der Waals surface area contributed by atoms with Crippen LogP contribution in [0.5, 0.6) is 0 Å². The van der Waals surface area contributed by atoms with Crippen LogP contribution >= 0.6 is 0 Å². The molecular formula is C6H7N2O. The Morgan fingerprint density at radius 2 is 2.67 bits per heavy atom. The molecule has 0 bridgehead atoms. The number of aromatic amines is 1. The molecule has 0 spiro atoms. The van der Waals surface area contributed by atoms with Gasteiger partial charge in [-0.25, -0.2) is 4.79 Å². The number of H-pyrrole nitrogens is 1. The number of nitrogens with zero attached hydrogens (tertiary/aromatic N) is 1. The predicted octanol–water partition coefficient (Wildman–Crippen LogP) is 0.132. The maximum Gasteiger partial charge on any atom is 0.345 e. The van der Waals surface area contributed by atoms with Crippen LogP contribution in [0.4, 0.5) is 0 Å². The summed E-state index contributed by atoms with van der Waals surface area (Å²) in [5.74, 6) is 0. The molecule has 0 amide bonds. The highest BCUT2D eigenvalue weighted by Crippen LogP contribution is 1.88. The molecule has 1 aromatic heterocycles. The third-order valence-electron chi connectivity index (χ3n) is 1.05. The van der Waals surface area contributed by atoms with Crippen molar-refractivity contribution in [2.45, 2.75) is 13.3 Å². The summed E-state index contributed by atoms with van der Waals surface area (Å²) in [5, 5.41) is 0. The molecule has 1 rings (SSSR count). The lowest BCUT2D eigenvalue weighted by molar-refractivity contribution is 0.991. The zero-order valence-electron chi connectivity index (χ0n) is 5.14. The van der Waals surface area contributed by atoms with Crippen molar-refractivity contribution >= 4 is 0 Å². The molecule has 0 saturated heterocycles. The zero-order valence-corrected chi connectivity index (χ0v) is 5.14. The van der Waals surface area contributed by atoms with Crippen molar-refractivity contribution < 1.29 is 0 Å². The fourth-order valence-electron chi connectivity index (χ4n) is 0.517. The van der Waals surface area contributed by atoms with Gasteiger partial charge in [-0.3, -0.25) is 0 Å². The van der Waals surface area contributed by atoms with Gasteiger partial charge in [0.15, 0.2) is 0 Å². The fraction of sp³-hybridized carbons (Fsp3) is 0.333. The molecule has 0 aliphatic heterocycles. The molecule has 1 heterocycles. The molecule has 0 aliphatic rings. The largest absolute Gasteiger partial charge is 0.345 e. The molecule has 1 N–H and O–H groups in total. The number of rotatable bonds is 1. The van der Waals surface area contributed by atoms with Gasteiger partial charge < -0.3 is 4.98 Å². The first-order valence-electron chi connectivity index (χ1n) is 2.79. The van der Waals surface area contributed by atoms with E-state index in [1.165, 1.54) is 0 Å². The minimum atomic E-state index is -0.341. The van der Waals surface area contributed by atoms with Crippen LogP contribution in [0.2, 0.25) is 0 Å². The molecule has 0 atom stereocenters. The van der Waals surface area contributed by atoms with E-state index in [0.29, 0.717) is 0 Å². The van der Waals surface area contributed by atoms with Gasteiger partial charge in [0.1, 0.15) is 0 Å². The Bertz CT molecular complexity index is 221. The summed E-state index contributed by atoms with van der Waals surface area (Å²) < 4.78 is 0. The Labute approximate surface area is 52.8 Å². The van der Waals surface area contributed by atoms with E-state index in [2.05, 4.69) is 16.2 Å². The van der Waals surface area contributed by atoms with Gasteiger partial charge in [0.05, 0.1) is 6.20 Å². The average Bonchev–Trinajstić information content (AvgIpc) is 1.90. The number of hydrogen-bond acceptors (Lipinski definition) is 2. The van der Waals surface area contributed by atoms with E-state index < -0.39 is 0 Å². The van der Waals surface area contributed by atoms with Crippen LogP contribution in [0.3, 0.4) is 0 Å². The van der Waals surface area contributed by atoms with Crippen LogP contribution in [-0.4, -0.2) is 9.97 Å². The van der Waals surface area contributed by atoms with Crippen LogP contribution < -0.4 is 5.69 Å². The van der Waals surface area contributed by atoms with Crippen molar-refractivity contribution in [2.75, 3.05) is 0 Å². The number of hydrogen-bond donors (Lipinski definition) is 1. The van der Waals surface area contributed by atoms with Gasteiger partial charge in [-0.05, 0) is 12.0 Å². The first-order valence-corrected chi connectivity index (χ1v) is 2.79. The van der Waals surface area contributed by atoms with Crippen LogP contribution in [-0.2, 0) is 6.42 Å². The lowest BCUT2D eigenvalue weighted by atomic mass is 10.3. The molecule has 0 fully saturated rings. The third-order valence-corrected chi connectivity index (χ3v) is 1.05. The Morgan fingerprint density at radius 3 is 3.11 bits per heavy atom. The lowest BCUT2D eigenvalue weighted by Gasteiger charge is -1.88. The average molecular weight is 123 g/mol. The van der Waals surface area contributed by atoms with Crippen molar-refractivity contribution in [3.05, 3.63) is 28.4 Å². The molecule has 0 saturated carbocycles. The van der Waals surface area contributed by atoms with Crippen LogP contribution in [0.15, 0.2) is 11.0 Å². The minimum Gasteiger partial charge on any atom is -0.312 e. The molecule has 3 heteroatoms. The topological polar surface area (TPSA) is 45.8 Å². The van der Waals surface area contributed by atoms with Gasteiger partial charge in [-0.1, -0.05) is 6.92 Å². The smallest absolute Gasteiger partial charge is 0.312 e. The van der Waals surface area contributed by atoms with Gasteiger partial charge in [-0.15, -0.1) is 0 Å². The van der Waals surface area contributed by atoms with E-state index >= 15 is 0 Å². The SMILES string of the molecule is CCc1[c]nc(=O)[nH]c1. The Balaban J connectivity index is 3.02. The van der Waals surface area contributed by atoms with Gasteiger partial charge in [0.25, 0.3) is 0 Å². The molecule has 3 nitrogen and oxygen atoms in total. The van der Waals surface area contributed by atoms with Crippen LogP contribution in [0.25, 0.3) is 0 Å². The number of aromatic nitrogens is 2. The van der Waals surface area contributed by atoms with E-state index in [9.17, 15) is 4.79 Å². The number of nitrogens with one attached hydrogen (secondary N) is 1. The summed E-state index contributed by atoms with van der Waals surface area (Å²) in [4.78, 5) is 16.2. The van der Waals surface area contributed by atoms with Gasteiger partial charge >= 0.3 is 5.69 Å². The van der Waals surface area contributed by atoms with Crippen molar-refractivity contribution in [1.82, 2.24) is 9.97 Å². The molecule has 47 valence electrons. The second-order valence-corrected chi connectivity index (χ2v) is 1.70. The molecule has 9 heavy (non-hydrogen) atoms. The van der Waals surface area contributed by atoms with Crippen molar-refractivity contribution in [1.29, 1.82) is 0 Å². The monoisotopic (exact) mass is 123 g/mol. The van der Waals surface area contributed by atoms with Crippen molar-refractivity contribution in [2.24, 2.45) is 0 Å². The zero-order chi connectivity index (χ0) is 6.69. The molecule has 1 aromatic rings. The second-order valence-electron chi connectivity index (χ2n) is 1.70. The molecule has 0 aliphatic carbocycles. The van der Waals surface area contributed by atoms with E-state index in [1.54, 1.807) is 6.20 Å². The first-order chi connectivity index (χ1) is 4.33. The molecule has 0 unspecified atom stereocenters. The quantitative estimate of drug-likeness (QED) is 0.577. The third kappa shape index (κ3) is 1.38. The normalized spacial score (nSPS) is 9.44. The second kappa shape index (κ2) is 2.44. The van der Waals surface area contributed by atoms with E-state index in [4.69, 9.17) is 0 Å². The molecule has 1 radical (unpaired) electrons. The first kappa shape index (κ1) is 6.01. The highest BCUT2D eigenvalue weighted by Gasteiger charge is 1.87. The molecular weight excluding hydrogens is 116 g/mol. The maximum absolute atomic E-state index is 10.3. The van der Waals surface area contributed by atoms with Gasteiger partial charge in [0.2, 0.25) is 0 Å². The Morgan fingerprint density at radius 1 is 1.89 bits per heavy atom. The Hall–Kier alpha value is -1.12. The lowest BCUT2D eigenvalue weighted by Crippen LogP contribution is -2.08. The molecule has 0 aromatic carbocycles. The number of aryl methyl sites for hydroxylation is 1. The van der Waals surface area contributed by atoms with E-state index in [-0.39, 0.29) is 5.69 Å². The summed E-state index contributed by atoms with van der Waals surface area (Å²) in [7, 11) is 0. The minimum absolute atomic E-state index is 0.341.